The predicted molar refractivity (Wildman–Crippen MR) is 66.8 cm³/mol. The van der Waals surface area contributed by atoms with E-state index in [9.17, 15) is 22.4 Å². The second-order valence-electron chi connectivity index (χ2n) is 3.91. The minimum Gasteiger partial charge on any atom is -0.302 e. The third kappa shape index (κ3) is 3.13. The molecule has 0 aliphatic rings. The number of carbonyl (C=O) groups excluding carboxylic acids is 1. The van der Waals surface area contributed by atoms with Crippen LogP contribution in [-0.4, -0.2) is 10.9 Å². The molecule has 0 aliphatic heterocycles. The molecule has 1 aromatic heterocycles. The Morgan fingerprint density at radius 1 is 1.35 bits per heavy atom. The van der Waals surface area contributed by atoms with E-state index < -0.39 is 17.6 Å². The lowest BCUT2D eigenvalue weighted by atomic mass is 10.1. The van der Waals surface area contributed by atoms with Crippen LogP contribution in [0, 0.1) is 5.82 Å². The Morgan fingerprint density at radius 3 is 2.65 bits per heavy atom. The largest absolute Gasteiger partial charge is 0.419 e. The summed E-state index contributed by atoms with van der Waals surface area (Å²) in [5.74, 6) is -1.67. The summed E-state index contributed by atoms with van der Waals surface area (Å²) in [5, 5.41) is 4.18. The molecule has 2 aromatic rings. The molecule has 1 amide bonds. The molecule has 0 radical (unpaired) electrons. The molecule has 0 spiro atoms. The first-order valence-electron chi connectivity index (χ1n) is 5.37. The fraction of sp³-hybridized carbons (Fsp3) is 0.167. The number of hydrogen-bond acceptors (Lipinski definition) is 3. The number of alkyl halides is 3. The van der Waals surface area contributed by atoms with Gasteiger partial charge in [0.15, 0.2) is 5.13 Å². The molecular formula is C12H8F4N2OS. The number of aromatic nitrogens is 1. The minimum absolute atomic E-state index is 0.131. The number of anilines is 1. The maximum Gasteiger partial charge on any atom is 0.419 e. The SMILES string of the molecule is CC(=O)Nc1nc(-c2ccc(F)c(C(F)(F)F)c2)cs1. The van der Waals surface area contributed by atoms with Gasteiger partial charge in [-0.15, -0.1) is 11.3 Å². The van der Waals surface area contributed by atoms with Gasteiger partial charge in [0.1, 0.15) is 5.82 Å². The van der Waals surface area contributed by atoms with Crippen LogP contribution in [0.1, 0.15) is 12.5 Å². The molecule has 1 aromatic carbocycles. The number of hydrogen-bond donors (Lipinski definition) is 1. The number of nitrogens with zero attached hydrogens (tertiary/aromatic N) is 1. The van der Waals surface area contributed by atoms with E-state index in [1.165, 1.54) is 18.4 Å². The van der Waals surface area contributed by atoms with E-state index in [1.807, 2.05) is 0 Å². The zero-order chi connectivity index (χ0) is 14.9. The van der Waals surface area contributed by atoms with E-state index in [0.717, 1.165) is 17.4 Å². The molecule has 0 saturated carbocycles. The highest BCUT2D eigenvalue weighted by Crippen LogP contribution is 2.34. The van der Waals surface area contributed by atoms with Crippen molar-refractivity contribution in [1.82, 2.24) is 4.98 Å². The maximum absolute atomic E-state index is 13.2. The number of amides is 1. The van der Waals surface area contributed by atoms with E-state index in [-0.39, 0.29) is 22.3 Å². The molecular weight excluding hydrogens is 296 g/mol. The molecule has 1 heterocycles. The maximum atomic E-state index is 13.2. The van der Waals surface area contributed by atoms with Crippen molar-refractivity contribution in [2.45, 2.75) is 13.1 Å². The van der Waals surface area contributed by atoms with Crippen molar-refractivity contribution in [3.8, 4) is 11.3 Å². The van der Waals surface area contributed by atoms with Gasteiger partial charge in [-0.2, -0.15) is 13.2 Å². The summed E-state index contributed by atoms with van der Waals surface area (Å²) in [7, 11) is 0. The quantitative estimate of drug-likeness (QED) is 0.854. The Balaban J connectivity index is 2.38. The van der Waals surface area contributed by atoms with E-state index in [1.54, 1.807) is 0 Å². The molecule has 20 heavy (non-hydrogen) atoms. The van der Waals surface area contributed by atoms with Gasteiger partial charge in [-0.05, 0) is 18.2 Å². The van der Waals surface area contributed by atoms with Crippen LogP contribution in [0.4, 0.5) is 22.7 Å². The van der Waals surface area contributed by atoms with Crippen molar-refractivity contribution in [1.29, 1.82) is 0 Å². The fourth-order valence-electron chi connectivity index (χ4n) is 1.52. The van der Waals surface area contributed by atoms with Gasteiger partial charge in [-0.25, -0.2) is 9.37 Å². The van der Waals surface area contributed by atoms with Gasteiger partial charge in [0, 0.05) is 17.9 Å². The van der Waals surface area contributed by atoms with Gasteiger partial charge in [0.05, 0.1) is 11.3 Å². The molecule has 0 aliphatic carbocycles. The fourth-order valence-corrected chi connectivity index (χ4v) is 2.28. The lowest BCUT2D eigenvalue weighted by Crippen LogP contribution is -2.08. The number of nitrogens with one attached hydrogen (secondary N) is 1. The molecule has 3 nitrogen and oxygen atoms in total. The first kappa shape index (κ1) is 14.4. The molecule has 8 heteroatoms. The van der Waals surface area contributed by atoms with E-state index >= 15 is 0 Å². The van der Waals surface area contributed by atoms with Crippen molar-refractivity contribution >= 4 is 22.4 Å². The third-order valence-electron chi connectivity index (χ3n) is 2.35. The second-order valence-corrected chi connectivity index (χ2v) is 4.77. The van der Waals surface area contributed by atoms with Gasteiger partial charge in [-0.1, -0.05) is 0 Å². The highest BCUT2D eigenvalue weighted by molar-refractivity contribution is 7.14. The highest BCUT2D eigenvalue weighted by atomic mass is 32.1. The Hall–Kier alpha value is -1.96. The van der Waals surface area contributed by atoms with Crippen LogP contribution in [0.2, 0.25) is 0 Å². The number of halogens is 4. The Kier molecular flexibility index (Phi) is 3.76. The standard InChI is InChI=1S/C12H8F4N2OS/c1-6(19)17-11-18-10(5-20-11)7-2-3-9(13)8(4-7)12(14,15)16/h2-5H,1H3,(H,17,18,19). The number of rotatable bonds is 2. The molecule has 0 atom stereocenters. The van der Waals surface area contributed by atoms with Gasteiger partial charge in [0.2, 0.25) is 5.91 Å². The molecule has 106 valence electrons. The van der Waals surface area contributed by atoms with Crippen LogP contribution < -0.4 is 5.32 Å². The zero-order valence-electron chi connectivity index (χ0n) is 10.1. The van der Waals surface area contributed by atoms with Crippen LogP contribution in [-0.2, 0) is 11.0 Å². The highest BCUT2D eigenvalue weighted by Gasteiger charge is 2.34. The Morgan fingerprint density at radius 2 is 2.05 bits per heavy atom. The van der Waals surface area contributed by atoms with Crippen molar-refractivity contribution in [2.75, 3.05) is 5.32 Å². The van der Waals surface area contributed by atoms with E-state index in [4.69, 9.17) is 0 Å². The van der Waals surface area contributed by atoms with Crippen LogP contribution in [0.3, 0.4) is 0 Å². The summed E-state index contributed by atoms with van der Waals surface area (Å²) in [5.41, 5.74) is -0.972. The number of benzene rings is 1. The first-order valence-corrected chi connectivity index (χ1v) is 6.25. The summed E-state index contributed by atoms with van der Waals surface area (Å²) >= 11 is 1.07. The molecule has 0 fully saturated rings. The van der Waals surface area contributed by atoms with Crippen LogP contribution in [0.15, 0.2) is 23.6 Å². The van der Waals surface area contributed by atoms with Crippen LogP contribution >= 0.6 is 11.3 Å². The average Bonchev–Trinajstić information content (AvgIpc) is 2.75. The second kappa shape index (κ2) is 5.20. The molecule has 0 bridgehead atoms. The van der Waals surface area contributed by atoms with Gasteiger partial charge >= 0.3 is 6.18 Å². The van der Waals surface area contributed by atoms with Gasteiger partial charge in [-0.3, -0.25) is 4.79 Å². The summed E-state index contributed by atoms with van der Waals surface area (Å²) in [4.78, 5) is 14.8. The smallest absolute Gasteiger partial charge is 0.302 e. The molecule has 2 rings (SSSR count). The Bertz CT molecular complexity index is 651. The van der Waals surface area contributed by atoms with Crippen molar-refractivity contribution < 1.29 is 22.4 Å². The first-order chi connectivity index (χ1) is 9.27. The lowest BCUT2D eigenvalue weighted by Gasteiger charge is -2.09. The summed E-state index contributed by atoms with van der Waals surface area (Å²) in [6.07, 6.45) is -4.77. The monoisotopic (exact) mass is 304 g/mol. The zero-order valence-corrected chi connectivity index (χ0v) is 10.9. The minimum atomic E-state index is -4.77. The molecule has 0 unspecified atom stereocenters. The Labute approximate surface area is 115 Å². The van der Waals surface area contributed by atoms with Crippen LogP contribution in [0.5, 0.6) is 0 Å². The van der Waals surface area contributed by atoms with Crippen molar-refractivity contribution in [2.24, 2.45) is 0 Å². The number of carbonyl (C=O) groups is 1. The summed E-state index contributed by atoms with van der Waals surface area (Å²) in [6, 6.07) is 2.65. The van der Waals surface area contributed by atoms with Crippen molar-refractivity contribution in [3.63, 3.8) is 0 Å². The van der Waals surface area contributed by atoms with E-state index in [0.29, 0.717) is 6.07 Å². The summed E-state index contributed by atoms with van der Waals surface area (Å²) in [6.45, 7) is 1.29. The van der Waals surface area contributed by atoms with Crippen LogP contribution in [0.25, 0.3) is 11.3 Å². The van der Waals surface area contributed by atoms with Gasteiger partial charge in [0.25, 0.3) is 0 Å². The van der Waals surface area contributed by atoms with Gasteiger partial charge < -0.3 is 5.32 Å². The number of thiazole rings is 1. The van der Waals surface area contributed by atoms with E-state index in [2.05, 4.69) is 10.3 Å². The lowest BCUT2D eigenvalue weighted by molar-refractivity contribution is -0.139. The molecule has 1 N–H and O–H groups in total. The topological polar surface area (TPSA) is 42.0 Å². The average molecular weight is 304 g/mol. The normalized spacial score (nSPS) is 11.4. The molecule has 0 saturated heterocycles. The predicted octanol–water partition coefficient (Wildman–Crippen LogP) is 3.93. The summed E-state index contributed by atoms with van der Waals surface area (Å²) < 4.78 is 51.0. The third-order valence-corrected chi connectivity index (χ3v) is 3.11. The van der Waals surface area contributed by atoms with Crippen molar-refractivity contribution in [3.05, 3.63) is 35.0 Å².